The topological polar surface area (TPSA) is 43.4 Å². The van der Waals surface area contributed by atoms with E-state index in [1.54, 1.807) is 0 Å². The van der Waals surface area contributed by atoms with Crippen LogP contribution in [-0.4, -0.2) is 5.97 Å². The fourth-order valence-corrected chi connectivity index (χ4v) is 1.25. The normalized spacial score (nSPS) is 8.69. The van der Waals surface area contributed by atoms with Gasteiger partial charge >= 0.3 is 100 Å². The maximum absolute atomic E-state index is 10.7. The number of rotatable bonds is 6. The second kappa shape index (κ2) is 15.0. The number of carbonyl (C=O) groups excluding carboxylic acids is 1. The predicted molar refractivity (Wildman–Crippen MR) is 40.2 cm³/mol. The van der Waals surface area contributed by atoms with Crippen molar-refractivity contribution in [3.8, 4) is 0 Å². The summed E-state index contributed by atoms with van der Waals surface area (Å²) >= 11 is 0.758. The summed E-state index contributed by atoms with van der Waals surface area (Å²) < 4.78 is 13.0. The molecule has 0 aliphatic carbocycles. The van der Waals surface area contributed by atoms with Gasteiger partial charge in [-0.05, 0) is 0 Å². The Labute approximate surface area is 100 Å². The zero-order valence-corrected chi connectivity index (χ0v) is 14.3. The summed E-state index contributed by atoms with van der Waals surface area (Å²) in [6.07, 6.45) is 6.58. The van der Waals surface area contributed by atoms with E-state index in [4.69, 9.17) is 3.57 Å². The van der Waals surface area contributed by atoms with Crippen LogP contribution in [0.3, 0.4) is 0 Å². The first-order valence-corrected chi connectivity index (χ1v) is 6.97. The van der Waals surface area contributed by atoms with Crippen molar-refractivity contribution in [3.05, 3.63) is 0 Å². The molecule has 0 amide bonds. The Bertz CT molecular complexity index is 120. The Morgan fingerprint density at radius 3 is 2.15 bits per heavy atom. The number of unbranched alkanes of at least 4 members (excludes halogenated alkanes) is 4. The molecule has 0 aliphatic rings. The third kappa shape index (κ3) is 15.3. The standard InChI is InChI=1S/C8H16O2.O.2Zn/c1-2-3-4-5-6-7-8(9)10;;;/h2-7H2,1H3,(H,9,10);;;/q;;;+1/p-1. The molecule has 0 bridgehead atoms. The summed E-state index contributed by atoms with van der Waals surface area (Å²) in [4.78, 5) is 10.7. The van der Waals surface area contributed by atoms with E-state index in [-0.39, 0.29) is 24.2 Å². The van der Waals surface area contributed by atoms with E-state index in [0.717, 1.165) is 6.42 Å². The van der Waals surface area contributed by atoms with Crippen LogP contribution in [0.15, 0.2) is 0 Å². The van der Waals surface area contributed by atoms with Crippen LogP contribution >= 0.6 is 0 Å². The molecule has 13 heavy (non-hydrogen) atoms. The molecule has 0 aromatic heterocycles. The van der Waals surface area contributed by atoms with E-state index < -0.39 is 0 Å². The van der Waals surface area contributed by atoms with Gasteiger partial charge in [-0.2, -0.15) is 0 Å². The molecule has 0 atom stereocenters. The van der Waals surface area contributed by atoms with Crippen LogP contribution in [0.2, 0.25) is 0 Å². The van der Waals surface area contributed by atoms with Gasteiger partial charge in [-0.15, -0.1) is 0 Å². The Morgan fingerprint density at radius 2 is 1.69 bits per heavy atom. The third-order valence-corrected chi connectivity index (χ3v) is 2.32. The van der Waals surface area contributed by atoms with Gasteiger partial charge < -0.3 is 0 Å². The number of hydrogen-bond acceptors (Lipinski definition) is 3. The van der Waals surface area contributed by atoms with Crippen LogP contribution < -0.4 is 0 Å². The van der Waals surface area contributed by atoms with E-state index in [1.165, 1.54) is 25.7 Å². The first kappa shape index (κ1) is 16.0. The Morgan fingerprint density at radius 1 is 1.15 bits per heavy atom. The van der Waals surface area contributed by atoms with Crippen molar-refractivity contribution in [2.45, 2.75) is 45.4 Å². The van der Waals surface area contributed by atoms with Crippen molar-refractivity contribution in [1.29, 1.82) is 0 Å². The molecule has 5 heteroatoms. The van der Waals surface area contributed by atoms with Gasteiger partial charge in [-0.1, -0.05) is 0 Å². The van der Waals surface area contributed by atoms with Crippen LogP contribution in [0.4, 0.5) is 0 Å². The molecule has 0 aromatic carbocycles. The molecule has 0 spiro atoms. The molecule has 0 aliphatic heterocycles. The zero-order valence-electron chi connectivity index (χ0n) is 8.38. The third-order valence-electron chi connectivity index (χ3n) is 1.65. The average molecular weight is 290 g/mol. The molecule has 0 saturated heterocycles. The van der Waals surface area contributed by atoms with E-state index in [2.05, 4.69) is 10.5 Å². The van der Waals surface area contributed by atoms with Crippen LogP contribution in [0.1, 0.15) is 45.4 Å². The van der Waals surface area contributed by atoms with Gasteiger partial charge in [0.05, 0.1) is 0 Å². The molecule has 0 rings (SSSR count). The van der Waals surface area contributed by atoms with Gasteiger partial charge in [0.25, 0.3) is 0 Å². The van der Waals surface area contributed by atoms with Crippen molar-refractivity contribution in [1.82, 2.24) is 0 Å². The van der Waals surface area contributed by atoms with Crippen molar-refractivity contribution in [3.63, 3.8) is 0 Å². The van der Waals surface area contributed by atoms with Gasteiger partial charge in [0.15, 0.2) is 0 Å². The summed E-state index contributed by atoms with van der Waals surface area (Å²) in [6.45, 7) is 2.19. The summed E-state index contributed by atoms with van der Waals surface area (Å²) in [5.74, 6) is -0.0264. The molecular weight excluding hydrogens is 275 g/mol. The molecule has 0 aromatic rings. The molecule has 0 saturated carbocycles. The first-order chi connectivity index (χ1) is 6.31. The Hall–Kier alpha value is 0.517. The molecular formula is C8H15O3Zn2. The first-order valence-electron chi connectivity index (χ1n) is 4.55. The SMILES string of the molecule is CCCCCCCC(=O)[O][Zn].[O]=[Zn]. The maximum atomic E-state index is 10.7. The van der Waals surface area contributed by atoms with Crippen molar-refractivity contribution in [2.75, 3.05) is 0 Å². The van der Waals surface area contributed by atoms with E-state index in [9.17, 15) is 4.79 Å². The van der Waals surface area contributed by atoms with E-state index in [0.29, 0.717) is 25.1 Å². The fraction of sp³-hybridized carbons (Fsp3) is 0.875. The van der Waals surface area contributed by atoms with E-state index >= 15 is 0 Å². The van der Waals surface area contributed by atoms with E-state index in [1.807, 2.05) is 0 Å². The molecule has 3 nitrogen and oxygen atoms in total. The molecule has 0 radical (unpaired) electrons. The number of hydrogen-bond donors (Lipinski definition) is 0. The van der Waals surface area contributed by atoms with Crippen LogP contribution in [0.25, 0.3) is 0 Å². The van der Waals surface area contributed by atoms with Crippen molar-refractivity contribution in [2.24, 2.45) is 0 Å². The Balaban J connectivity index is 0. The van der Waals surface area contributed by atoms with Crippen molar-refractivity contribution >= 4 is 5.97 Å². The van der Waals surface area contributed by atoms with Crippen LogP contribution in [0.5, 0.6) is 0 Å². The predicted octanol–water partition coefficient (Wildman–Crippen LogP) is 2.23. The number of carbonyl (C=O) groups is 1. The summed E-state index contributed by atoms with van der Waals surface area (Å²) in [7, 11) is 0. The average Bonchev–Trinajstić information content (AvgIpc) is 2.20. The summed E-state index contributed by atoms with van der Waals surface area (Å²) in [5, 5.41) is 0. The molecule has 0 N–H and O–H groups in total. The van der Waals surface area contributed by atoms with Gasteiger partial charge in [0.1, 0.15) is 0 Å². The van der Waals surface area contributed by atoms with Gasteiger partial charge in [0.2, 0.25) is 0 Å². The van der Waals surface area contributed by atoms with Crippen LogP contribution in [-0.2, 0) is 48.8 Å². The molecule has 0 unspecified atom stereocenters. The van der Waals surface area contributed by atoms with Gasteiger partial charge in [-0.25, -0.2) is 0 Å². The molecule has 0 heterocycles. The monoisotopic (exact) mass is 287 g/mol. The van der Waals surface area contributed by atoms with Crippen LogP contribution in [0, 0.1) is 0 Å². The quantitative estimate of drug-likeness (QED) is 0.556. The van der Waals surface area contributed by atoms with Crippen molar-refractivity contribution < 1.29 is 48.8 Å². The zero-order chi connectivity index (χ0) is 10.5. The second-order valence-electron chi connectivity index (χ2n) is 2.68. The minimum absolute atomic E-state index is 0.0264. The second-order valence-corrected chi connectivity index (χ2v) is 3.29. The molecule has 69 valence electrons. The fourth-order valence-electron chi connectivity index (χ4n) is 0.945. The van der Waals surface area contributed by atoms with Gasteiger partial charge in [-0.3, -0.25) is 0 Å². The minimum atomic E-state index is -0.0264. The summed E-state index contributed by atoms with van der Waals surface area (Å²) in [6, 6.07) is 0. The molecule has 0 fully saturated rings. The van der Waals surface area contributed by atoms with Gasteiger partial charge in [0, 0.05) is 0 Å². The Kier molecular flexibility index (Phi) is 18.4. The summed E-state index contributed by atoms with van der Waals surface area (Å²) in [5.41, 5.74) is 0.